The second-order valence-corrected chi connectivity index (χ2v) is 5.59. The summed E-state index contributed by atoms with van der Waals surface area (Å²) in [5, 5.41) is 13.1. The van der Waals surface area contributed by atoms with Crippen molar-refractivity contribution in [1.82, 2.24) is 10.2 Å². The van der Waals surface area contributed by atoms with Crippen LogP contribution in [0.25, 0.3) is 0 Å². The summed E-state index contributed by atoms with van der Waals surface area (Å²) in [7, 11) is 0. The maximum atomic E-state index is 9.43. The fourth-order valence-electron chi connectivity index (χ4n) is 2.97. The van der Waals surface area contributed by atoms with Gasteiger partial charge in [-0.2, -0.15) is 0 Å². The molecule has 2 aliphatic heterocycles. The molecule has 2 N–H and O–H groups in total. The summed E-state index contributed by atoms with van der Waals surface area (Å²) in [6, 6.07) is 0.707. The summed E-state index contributed by atoms with van der Waals surface area (Å²) in [5.41, 5.74) is 0. The average molecular weight is 272 g/mol. The Morgan fingerprint density at radius 1 is 1.26 bits per heavy atom. The molecular formula is C14H28N2O3. The van der Waals surface area contributed by atoms with E-state index >= 15 is 0 Å². The van der Waals surface area contributed by atoms with Crippen molar-refractivity contribution >= 4 is 0 Å². The Balaban J connectivity index is 1.86. The number of hydrogen-bond acceptors (Lipinski definition) is 5. The fourth-order valence-corrected chi connectivity index (χ4v) is 2.97. The highest BCUT2D eigenvalue weighted by atomic mass is 16.5. The van der Waals surface area contributed by atoms with Gasteiger partial charge in [0.15, 0.2) is 0 Å². The van der Waals surface area contributed by atoms with Crippen LogP contribution in [0.1, 0.15) is 19.8 Å². The van der Waals surface area contributed by atoms with Crippen molar-refractivity contribution in [2.24, 2.45) is 5.92 Å². The van der Waals surface area contributed by atoms with E-state index < -0.39 is 0 Å². The first-order valence-electron chi connectivity index (χ1n) is 7.59. The zero-order valence-electron chi connectivity index (χ0n) is 12.0. The summed E-state index contributed by atoms with van der Waals surface area (Å²) >= 11 is 0. The molecule has 19 heavy (non-hydrogen) atoms. The summed E-state index contributed by atoms with van der Waals surface area (Å²) in [6.07, 6.45) is 2.26. The molecule has 2 aliphatic rings. The van der Waals surface area contributed by atoms with E-state index in [0.29, 0.717) is 18.6 Å². The van der Waals surface area contributed by atoms with Gasteiger partial charge in [-0.05, 0) is 19.4 Å². The highest BCUT2D eigenvalue weighted by Crippen LogP contribution is 2.19. The Morgan fingerprint density at radius 3 is 2.89 bits per heavy atom. The lowest BCUT2D eigenvalue weighted by Gasteiger charge is -2.40. The molecule has 0 saturated carbocycles. The molecule has 0 spiro atoms. The summed E-state index contributed by atoms with van der Waals surface area (Å²) in [5.74, 6) is 0.521. The smallest absolute Gasteiger partial charge is 0.0644 e. The van der Waals surface area contributed by atoms with E-state index in [1.807, 2.05) is 0 Å². The van der Waals surface area contributed by atoms with Crippen LogP contribution in [0.4, 0.5) is 0 Å². The molecule has 5 nitrogen and oxygen atoms in total. The first-order chi connectivity index (χ1) is 9.35. The topological polar surface area (TPSA) is 54.0 Å². The second kappa shape index (κ2) is 8.17. The Kier molecular flexibility index (Phi) is 6.53. The monoisotopic (exact) mass is 272 g/mol. The molecular weight excluding hydrogens is 244 g/mol. The molecule has 2 fully saturated rings. The summed E-state index contributed by atoms with van der Waals surface area (Å²) < 4.78 is 11.1. The quantitative estimate of drug-likeness (QED) is 0.717. The van der Waals surface area contributed by atoms with Crippen LogP contribution in [0, 0.1) is 5.92 Å². The van der Waals surface area contributed by atoms with Crippen LogP contribution in [0.3, 0.4) is 0 Å². The lowest BCUT2D eigenvalue weighted by atomic mass is 9.94. The van der Waals surface area contributed by atoms with Crippen molar-refractivity contribution in [2.45, 2.75) is 31.8 Å². The Bertz CT molecular complexity index is 253. The van der Waals surface area contributed by atoms with E-state index in [4.69, 9.17) is 9.47 Å². The number of morpholine rings is 1. The van der Waals surface area contributed by atoms with E-state index in [1.54, 1.807) is 0 Å². The van der Waals surface area contributed by atoms with E-state index in [9.17, 15) is 5.11 Å². The van der Waals surface area contributed by atoms with Crippen LogP contribution >= 0.6 is 0 Å². The third-order valence-electron chi connectivity index (χ3n) is 4.16. The number of ether oxygens (including phenoxy) is 2. The third-order valence-corrected chi connectivity index (χ3v) is 4.16. The summed E-state index contributed by atoms with van der Waals surface area (Å²) in [4.78, 5) is 2.36. The van der Waals surface area contributed by atoms with Crippen molar-refractivity contribution in [3.63, 3.8) is 0 Å². The number of aliphatic hydroxyl groups excluding tert-OH is 1. The largest absolute Gasteiger partial charge is 0.395 e. The van der Waals surface area contributed by atoms with Crippen LogP contribution in [0.2, 0.25) is 0 Å². The van der Waals surface area contributed by atoms with Crippen LogP contribution in [0.15, 0.2) is 0 Å². The molecule has 3 unspecified atom stereocenters. The van der Waals surface area contributed by atoms with Crippen molar-refractivity contribution in [1.29, 1.82) is 0 Å². The van der Waals surface area contributed by atoms with Gasteiger partial charge in [-0.25, -0.2) is 0 Å². The minimum absolute atomic E-state index is 0.155. The van der Waals surface area contributed by atoms with Crippen LogP contribution < -0.4 is 5.32 Å². The molecule has 0 aromatic heterocycles. The minimum Gasteiger partial charge on any atom is -0.395 e. The first kappa shape index (κ1) is 15.2. The van der Waals surface area contributed by atoms with E-state index in [-0.39, 0.29) is 12.6 Å². The lowest BCUT2D eigenvalue weighted by Crippen LogP contribution is -2.54. The number of aliphatic hydroxyl groups is 1. The van der Waals surface area contributed by atoms with Gasteiger partial charge in [0.1, 0.15) is 0 Å². The normalized spacial score (nSPS) is 33.5. The highest BCUT2D eigenvalue weighted by Gasteiger charge is 2.30. The number of hydrogen-bond donors (Lipinski definition) is 2. The van der Waals surface area contributed by atoms with E-state index in [2.05, 4.69) is 17.1 Å². The SMILES string of the molecule is CCCNC1CCOCC1CN1CCOCC1CO. The molecule has 0 bridgehead atoms. The van der Waals surface area contributed by atoms with Gasteiger partial charge in [0, 0.05) is 31.7 Å². The minimum atomic E-state index is 0.155. The maximum absolute atomic E-state index is 9.43. The molecule has 3 atom stereocenters. The highest BCUT2D eigenvalue weighted by molar-refractivity contribution is 4.85. The number of nitrogens with one attached hydrogen (secondary N) is 1. The van der Waals surface area contributed by atoms with E-state index in [1.165, 1.54) is 6.42 Å². The number of rotatable bonds is 6. The predicted molar refractivity (Wildman–Crippen MR) is 74.3 cm³/mol. The number of nitrogens with zero attached hydrogens (tertiary/aromatic N) is 1. The van der Waals surface area contributed by atoms with Gasteiger partial charge in [0.25, 0.3) is 0 Å². The van der Waals surface area contributed by atoms with Gasteiger partial charge in [-0.1, -0.05) is 6.92 Å². The van der Waals surface area contributed by atoms with Crippen LogP contribution in [0.5, 0.6) is 0 Å². The maximum Gasteiger partial charge on any atom is 0.0644 e. The molecule has 0 radical (unpaired) electrons. The molecule has 0 aromatic rings. The second-order valence-electron chi connectivity index (χ2n) is 5.59. The van der Waals surface area contributed by atoms with Gasteiger partial charge in [0.05, 0.1) is 32.5 Å². The molecule has 2 heterocycles. The van der Waals surface area contributed by atoms with Gasteiger partial charge in [0.2, 0.25) is 0 Å². The molecule has 0 aromatic carbocycles. The zero-order valence-corrected chi connectivity index (χ0v) is 12.0. The standard InChI is InChI=1S/C14H28N2O3/c1-2-4-15-14-3-6-18-10-12(14)8-16-5-7-19-11-13(16)9-17/h12-15,17H,2-11H2,1H3. The van der Waals surface area contributed by atoms with Gasteiger partial charge < -0.3 is 19.9 Å². The molecule has 5 heteroatoms. The average Bonchev–Trinajstić information content (AvgIpc) is 2.47. The summed E-state index contributed by atoms with van der Waals surface area (Å²) in [6.45, 7) is 8.49. The van der Waals surface area contributed by atoms with E-state index in [0.717, 1.165) is 45.9 Å². The van der Waals surface area contributed by atoms with Crippen LogP contribution in [-0.4, -0.2) is 74.8 Å². The van der Waals surface area contributed by atoms with Gasteiger partial charge >= 0.3 is 0 Å². The van der Waals surface area contributed by atoms with Crippen molar-refractivity contribution in [3.8, 4) is 0 Å². The molecule has 112 valence electrons. The Morgan fingerprint density at radius 2 is 2.11 bits per heavy atom. The van der Waals surface area contributed by atoms with Crippen molar-refractivity contribution in [2.75, 3.05) is 52.7 Å². The molecule has 2 rings (SSSR count). The van der Waals surface area contributed by atoms with Crippen molar-refractivity contribution in [3.05, 3.63) is 0 Å². The van der Waals surface area contributed by atoms with Gasteiger partial charge in [-0.3, -0.25) is 4.90 Å². The Hall–Kier alpha value is -0.200. The molecule has 0 aliphatic carbocycles. The molecule has 2 saturated heterocycles. The third kappa shape index (κ3) is 4.39. The molecule has 0 amide bonds. The zero-order chi connectivity index (χ0) is 13.5. The van der Waals surface area contributed by atoms with Gasteiger partial charge in [-0.15, -0.1) is 0 Å². The van der Waals surface area contributed by atoms with Crippen molar-refractivity contribution < 1.29 is 14.6 Å². The lowest BCUT2D eigenvalue weighted by molar-refractivity contribution is -0.0518. The Labute approximate surface area is 116 Å². The fraction of sp³-hybridized carbons (Fsp3) is 1.00. The van der Waals surface area contributed by atoms with Crippen LogP contribution in [-0.2, 0) is 9.47 Å². The first-order valence-corrected chi connectivity index (χ1v) is 7.59. The predicted octanol–water partition coefficient (Wildman–Crippen LogP) is 0.0842.